The maximum Gasteiger partial charge on any atom is 0.244 e. The quantitative estimate of drug-likeness (QED) is 0.768. The van der Waals surface area contributed by atoms with E-state index in [2.05, 4.69) is 9.82 Å². The van der Waals surface area contributed by atoms with Gasteiger partial charge >= 0.3 is 0 Å². The third-order valence-corrected chi connectivity index (χ3v) is 5.74. The Bertz CT molecular complexity index is 713. The first kappa shape index (κ1) is 17.7. The van der Waals surface area contributed by atoms with E-state index >= 15 is 0 Å². The molecule has 0 aliphatic rings. The summed E-state index contributed by atoms with van der Waals surface area (Å²) in [4.78, 5) is 0.160. The molecule has 6 nitrogen and oxygen atoms in total. The van der Waals surface area contributed by atoms with Gasteiger partial charge in [-0.2, -0.15) is 5.10 Å². The Hall–Kier alpha value is -1.70. The summed E-state index contributed by atoms with van der Waals surface area (Å²) in [5, 5.41) is 4.15. The van der Waals surface area contributed by atoms with Gasteiger partial charge in [0.05, 0.1) is 12.7 Å². The molecular weight excluding hydrogens is 312 g/mol. The van der Waals surface area contributed by atoms with E-state index in [1.54, 1.807) is 10.9 Å². The van der Waals surface area contributed by atoms with Gasteiger partial charge in [0.15, 0.2) is 0 Å². The molecule has 0 amide bonds. The second kappa shape index (κ2) is 7.25. The van der Waals surface area contributed by atoms with E-state index in [0.717, 1.165) is 5.56 Å². The minimum absolute atomic E-state index is 0.160. The number of aromatic nitrogens is 2. The Morgan fingerprint density at radius 1 is 1.22 bits per heavy atom. The highest BCUT2D eigenvalue weighted by atomic mass is 32.2. The lowest BCUT2D eigenvalue weighted by atomic mass is 9.95. The summed E-state index contributed by atoms with van der Waals surface area (Å²) >= 11 is 0. The van der Waals surface area contributed by atoms with Crippen molar-refractivity contribution in [2.45, 2.75) is 43.7 Å². The smallest absolute Gasteiger partial charge is 0.244 e. The Labute approximate surface area is 137 Å². The average molecular weight is 336 g/mol. The molecule has 0 fully saturated rings. The van der Waals surface area contributed by atoms with Crippen LogP contribution in [0.4, 0.5) is 0 Å². The van der Waals surface area contributed by atoms with Gasteiger partial charge in [-0.25, -0.2) is 13.1 Å². The van der Waals surface area contributed by atoms with Crippen molar-refractivity contribution in [1.82, 2.24) is 14.5 Å². The largest absolute Gasteiger partial charge is 0.329 e. The van der Waals surface area contributed by atoms with E-state index < -0.39 is 15.6 Å². The number of benzene rings is 1. The van der Waals surface area contributed by atoms with Crippen LogP contribution >= 0.6 is 0 Å². The molecule has 7 heteroatoms. The first-order valence-corrected chi connectivity index (χ1v) is 9.23. The van der Waals surface area contributed by atoms with Crippen molar-refractivity contribution in [3.05, 3.63) is 48.3 Å². The maximum atomic E-state index is 12.6. The predicted molar refractivity (Wildman–Crippen MR) is 90.5 cm³/mol. The van der Waals surface area contributed by atoms with Crippen LogP contribution in [0.15, 0.2) is 47.6 Å². The first-order chi connectivity index (χ1) is 10.9. The van der Waals surface area contributed by atoms with E-state index in [1.165, 1.54) is 6.20 Å². The molecule has 0 aliphatic heterocycles. The van der Waals surface area contributed by atoms with E-state index in [9.17, 15) is 8.42 Å². The highest BCUT2D eigenvalue weighted by molar-refractivity contribution is 7.89. The molecule has 1 aromatic heterocycles. The molecule has 0 aliphatic carbocycles. The number of sulfonamides is 1. The maximum absolute atomic E-state index is 12.6. The van der Waals surface area contributed by atoms with Crippen LogP contribution in [0.2, 0.25) is 0 Å². The van der Waals surface area contributed by atoms with Crippen LogP contribution in [0.25, 0.3) is 0 Å². The first-order valence-electron chi connectivity index (χ1n) is 7.75. The zero-order chi connectivity index (χ0) is 16.9. The lowest BCUT2D eigenvalue weighted by Gasteiger charge is -2.30. The Kier molecular flexibility index (Phi) is 5.56. The third kappa shape index (κ3) is 4.19. The number of nitrogens with two attached hydrogens (primary N) is 1. The van der Waals surface area contributed by atoms with Crippen molar-refractivity contribution in [1.29, 1.82) is 0 Å². The molecule has 0 radical (unpaired) electrons. The monoisotopic (exact) mass is 336 g/mol. The molecule has 2 aromatic rings. The molecule has 2 rings (SSSR count). The van der Waals surface area contributed by atoms with Crippen LogP contribution in [0, 0.1) is 0 Å². The van der Waals surface area contributed by atoms with Gasteiger partial charge in [-0.1, -0.05) is 44.2 Å². The van der Waals surface area contributed by atoms with Gasteiger partial charge in [0.1, 0.15) is 4.90 Å². The molecule has 0 saturated carbocycles. The normalized spacial score (nSPS) is 12.5. The van der Waals surface area contributed by atoms with Crippen LogP contribution in [0.1, 0.15) is 32.3 Å². The van der Waals surface area contributed by atoms with Crippen LogP contribution in [-0.4, -0.2) is 30.3 Å². The Morgan fingerprint density at radius 2 is 1.87 bits per heavy atom. The molecule has 3 N–H and O–H groups in total. The molecule has 0 saturated heterocycles. The van der Waals surface area contributed by atoms with E-state index in [-0.39, 0.29) is 11.4 Å². The second-order valence-electron chi connectivity index (χ2n) is 5.66. The van der Waals surface area contributed by atoms with Crippen LogP contribution < -0.4 is 10.5 Å². The molecule has 0 unspecified atom stereocenters. The summed E-state index contributed by atoms with van der Waals surface area (Å²) in [5.74, 6) is 0. The lowest BCUT2D eigenvalue weighted by Crippen LogP contribution is -2.52. The van der Waals surface area contributed by atoms with Crippen LogP contribution in [0.5, 0.6) is 0 Å². The van der Waals surface area contributed by atoms with Gasteiger partial charge in [-0.05, 0) is 18.4 Å². The average Bonchev–Trinajstić information content (AvgIpc) is 3.03. The van der Waals surface area contributed by atoms with E-state index in [1.807, 2.05) is 44.2 Å². The van der Waals surface area contributed by atoms with Gasteiger partial charge in [0, 0.05) is 18.3 Å². The topological polar surface area (TPSA) is 90.0 Å². The highest BCUT2D eigenvalue weighted by Gasteiger charge is 2.31. The Morgan fingerprint density at radius 3 is 2.43 bits per heavy atom. The molecule has 0 bridgehead atoms. The van der Waals surface area contributed by atoms with E-state index in [0.29, 0.717) is 19.4 Å². The fraction of sp³-hybridized carbons (Fsp3) is 0.438. The standard InChI is InChI=1S/C16H24N4O2S/c1-3-16(4-2,13-17)19-23(21,22)15-10-18-20(12-15)11-14-8-6-5-7-9-14/h5-10,12,19H,3-4,11,13,17H2,1-2H3. The van der Waals surface area contributed by atoms with Gasteiger partial charge < -0.3 is 5.73 Å². The van der Waals surface area contributed by atoms with E-state index in [4.69, 9.17) is 5.73 Å². The second-order valence-corrected chi connectivity index (χ2v) is 7.34. The summed E-state index contributed by atoms with van der Waals surface area (Å²) < 4.78 is 29.5. The van der Waals surface area contributed by atoms with Gasteiger partial charge in [-0.3, -0.25) is 4.68 Å². The zero-order valence-electron chi connectivity index (χ0n) is 13.6. The van der Waals surface area contributed by atoms with Crippen molar-refractivity contribution >= 4 is 10.0 Å². The van der Waals surface area contributed by atoms with Crippen LogP contribution in [-0.2, 0) is 16.6 Å². The molecule has 1 heterocycles. The summed E-state index contributed by atoms with van der Waals surface area (Å²) in [6.07, 6.45) is 4.19. The summed E-state index contributed by atoms with van der Waals surface area (Å²) in [6.45, 7) is 4.65. The minimum atomic E-state index is -3.64. The van der Waals surface area contributed by atoms with Crippen molar-refractivity contribution < 1.29 is 8.42 Å². The highest BCUT2D eigenvalue weighted by Crippen LogP contribution is 2.18. The van der Waals surface area contributed by atoms with Gasteiger partial charge in [0.25, 0.3) is 0 Å². The van der Waals surface area contributed by atoms with Gasteiger partial charge in [0.2, 0.25) is 10.0 Å². The molecule has 126 valence electrons. The fourth-order valence-electron chi connectivity index (χ4n) is 2.41. The summed E-state index contributed by atoms with van der Waals surface area (Å²) in [7, 11) is -3.64. The predicted octanol–water partition coefficient (Wildman–Crippen LogP) is 1.73. The molecule has 0 atom stereocenters. The third-order valence-electron chi connectivity index (χ3n) is 4.20. The molecular formula is C16H24N4O2S. The van der Waals surface area contributed by atoms with Crippen molar-refractivity contribution in [3.8, 4) is 0 Å². The van der Waals surface area contributed by atoms with Crippen LogP contribution in [0.3, 0.4) is 0 Å². The SMILES string of the molecule is CCC(CC)(CN)NS(=O)(=O)c1cnn(Cc2ccccc2)c1. The number of rotatable bonds is 8. The number of nitrogens with zero attached hydrogens (tertiary/aromatic N) is 2. The molecule has 23 heavy (non-hydrogen) atoms. The fourth-order valence-corrected chi connectivity index (χ4v) is 3.92. The number of hydrogen-bond donors (Lipinski definition) is 2. The summed E-state index contributed by atoms with van der Waals surface area (Å²) in [6, 6.07) is 9.77. The summed E-state index contributed by atoms with van der Waals surface area (Å²) in [5.41, 5.74) is 6.22. The molecule has 1 aromatic carbocycles. The van der Waals surface area contributed by atoms with Crippen molar-refractivity contribution in [2.75, 3.05) is 6.54 Å². The number of nitrogens with one attached hydrogen (secondary N) is 1. The minimum Gasteiger partial charge on any atom is -0.329 e. The lowest BCUT2D eigenvalue weighted by molar-refractivity contribution is 0.363. The van der Waals surface area contributed by atoms with Crippen molar-refractivity contribution in [2.24, 2.45) is 5.73 Å². The van der Waals surface area contributed by atoms with Crippen molar-refractivity contribution in [3.63, 3.8) is 0 Å². The Balaban J connectivity index is 2.18. The number of hydrogen-bond acceptors (Lipinski definition) is 4. The molecule has 0 spiro atoms. The zero-order valence-corrected chi connectivity index (χ0v) is 14.4. The van der Waals surface area contributed by atoms with Gasteiger partial charge in [-0.15, -0.1) is 0 Å².